The minimum atomic E-state index is -0.464. The van der Waals surface area contributed by atoms with Gasteiger partial charge in [-0.3, -0.25) is 14.6 Å². The van der Waals surface area contributed by atoms with Gasteiger partial charge in [0.1, 0.15) is 28.8 Å². The highest BCUT2D eigenvalue weighted by atomic mass is 19.1. The van der Waals surface area contributed by atoms with Crippen LogP contribution >= 0.6 is 0 Å². The van der Waals surface area contributed by atoms with Crippen LogP contribution in [0.3, 0.4) is 0 Å². The van der Waals surface area contributed by atoms with Gasteiger partial charge in [0, 0.05) is 18.5 Å². The van der Waals surface area contributed by atoms with E-state index >= 15 is 0 Å². The van der Waals surface area contributed by atoms with Crippen molar-refractivity contribution in [3.63, 3.8) is 0 Å². The summed E-state index contributed by atoms with van der Waals surface area (Å²) in [5.74, 6) is -0.628. The topological polar surface area (TPSA) is 64.8 Å². The van der Waals surface area contributed by atoms with E-state index in [1.807, 2.05) is 0 Å². The highest BCUT2D eigenvalue weighted by Gasteiger charge is 2.28. The molecule has 160 valence electrons. The minimum absolute atomic E-state index is 0.0473. The number of benzene rings is 1. The number of rotatable bonds is 7. The maximum absolute atomic E-state index is 13.9. The Hall–Kier alpha value is -3.22. The molecule has 0 aliphatic heterocycles. The molecule has 2 aromatic heterocycles. The Morgan fingerprint density at radius 2 is 1.77 bits per heavy atom. The van der Waals surface area contributed by atoms with Gasteiger partial charge in [0.25, 0.3) is 0 Å². The van der Waals surface area contributed by atoms with Gasteiger partial charge in [0.15, 0.2) is 5.78 Å². The molecule has 0 spiro atoms. The fourth-order valence-electron chi connectivity index (χ4n) is 4.15. The van der Waals surface area contributed by atoms with Crippen LogP contribution in [0.25, 0.3) is 5.69 Å². The van der Waals surface area contributed by atoms with Crippen LogP contribution < -0.4 is 0 Å². The van der Waals surface area contributed by atoms with Crippen LogP contribution in [-0.4, -0.2) is 26.3 Å². The molecule has 31 heavy (non-hydrogen) atoms. The normalized spacial score (nSPS) is 18.6. The predicted molar refractivity (Wildman–Crippen MR) is 111 cm³/mol. The summed E-state index contributed by atoms with van der Waals surface area (Å²) in [6, 6.07) is 10.8. The number of Topliss-reactive ketones (excluding diaryl/α,β-unsaturated/α-hetero) is 2. The number of para-hydroxylation sites is 1. The van der Waals surface area contributed by atoms with Crippen LogP contribution in [0.15, 0.2) is 54.9 Å². The lowest BCUT2D eigenvalue weighted by Crippen LogP contribution is -2.24. The largest absolute Gasteiger partial charge is 0.299 e. The average Bonchev–Trinajstić information content (AvgIpc) is 3.23. The molecule has 1 saturated carbocycles. The molecule has 1 aliphatic carbocycles. The molecule has 0 radical (unpaired) electrons. The zero-order valence-corrected chi connectivity index (χ0v) is 17.0. The summed E-state index contributed by atoms with van der Waals surface area (Å²) < 4.78 is 28.3. The molecule has 0 bridgehead atoms. The monoisotopic (exact) mass is 423 g/mol. The quantitative estimate of drug-likeness (QED) is 0.515. The highest BCUT2D eigenvalue weighted by molar-refractivity contribution is 5.94. The van der Waals surface area contributed by atoms with Crippen molar-refractivity contribution >= 4 is 11.6 Å². The number of carbonyl (C=O) groups excluding carboxylic acids is 2. The second-order valence-electron chi connectivity index (χ2n) is 8.05. The first-order valence-electron chi connectivity index (χ1n) is 10.5. The number of pyridine rings is 1. The summed E-state index contributed by atoms with van der Waals surface area (Å²) in [4.78, 5) is 28.9. The van der Waals surface area contributed by atoms with Crippen molar-refractivity contribution in [1.82, 2.24) is 14.8 Å². The molecule has 0 amide bonds. The molecule has 1 fully saturated rings. The average molecular weight is 423 g/mol. The molecule has 5 nitrogen and oxygen atoms in total. The van der Waals surface area contributed by atoms with Gasteiger partial charge in [-0.2, -0.15) is 5.10 Å². The molecule has 3 aromatic rings. The van der Waals surface area contributed by atoms with Crippen molar-refractivity contribution in [2.24, 2.45) is 11.8 Å². The van der Waals surface area contributed by atoms with E-state index in [1.54, 1.807) is 30.5 Å². The van der Waals surface area contributed by atoms with Crippen LogP contribution in [-0.2, 0) is 11.2 Å². The smallest absolute Gasteiger partial charge is 0.181 e. The zero-order chi connectivity index (χ0) is 21.8. The molecular weight excluding hydrogens is 400 g/mol. The first kappa shape index (κ1) is 21.0. The summed E-state index contributed by atoms with van der Waals surface area (Å²) in [5, 5.41) is 4.35. The summed E-state index contributed by atoms with van der Waals surface area (Å²) in [6.45, 7) is 0. The van der Waals surface area contributed by atoms with Crippen LogP contribution in [0.1, 0.15) is 48.3 Å². The van der Waals surface area contributed by atoms with Crippen molar-refractivity contribution in [3.8, 4) is 5.69 Å². The van der Waals surface area contributed by atoms with Crippen molar-refractivity contribution < 1.29 is 18.4 Å². The highest BCUT2D eigenvalue weighted by Crippen LogP contribution is 2.32. The number of halogens is 2. The minimum Gasteiger partial charge on any atom is -0.299 e. The van der Waals surface area contributed by atoms with Gasteiger partial charge in [-0.25, -0.2) is 13.5 Å². The number of nitrogens with zero attached hydrogens (tertiary/aromatic N) is 3. The van der Waals surface area contributed by atoms with Crippen molar-refractivity contribution in [1.29, 1.82) is 0 Å². The summed E-state index contributed by atoms with van der Waals surface area (Å²) in [6.07, 6.45) is 6.37. The van der Waals surface area contributed by atoms with Gasteiger partial charge in [0.2, 0.25) is 0 Å². The van der Waals surface area contributed by atoms with Crippen LogP contribution in [0.5, 0.6) is 0 Å². The van der Waals surface area contributed by atoms with Crippen LogP contribution in [0.2, 0.25) is 0 Å². The number of aromatic nitrogens is 3. The van der Waals surface area contributed by atoms with Crippen molar-refractivity contribution in [2.75, 3.05) is 0 Å². The van der Waals surface area contributed by atoms with E-state index in [9.17, 15) is 18.4 Å². The SMILES string of the molecule is O=C(CC1CCC(C(=O)Cc2ccn(-c3ccccc3F)n2)CC1)c1ccc(F)cn1. The molecular formula is C24H23F2N3O2. The van der Waals surface area contributed by atoms with Crippen LogP contribution in [0, 0.1) is 23.5 Å². The molecule has 4 rings (SSSR count). The first-order valence-corrected chi connectivity index (χ1v) is 10.5. The first-order chi connectivity index (χ1) is 15.0. The van der Waals surface area contributed by atoms with E-state index in [2.05, 4.69) is 10.1 Å². The molecule has 2 heterocycles. The Morgan fingerprint density at radius 3 is 2.48 bits per heavy atom. The fourth-order valence-corrected chi connectivity index (χ4v) is 4.15. The summed E-state index contributed by atoms with van der Waals surface area (Å²) in [7, 11) is 0. The van der Waals surface area contributed by atoms with E-state index in [0.29, 0.717) is 17.8 Å². The van der Waals surface area contributed by atoms with Gasteiger partial charge in [-0.05, 0) is 61.9 Å². The maximum Gasteiger partial charge on any atom is 0.181 e. The van der Waals surface area contributed by atoms with Crippen molar-refractivity contribution in [2.45, 2.75) is 38.5 Å². The van der Waals surface area contributed by atoms with Crippen molar-refractivity contribution in [3.05, 3.63) is 77.9 Å². The Bertz CT molecular complexity index is 1070. The van der Waals surface area contributed by atoms with Gasteiger partial charge in [0.05, 0.1) is 18.3 Å². The number of hydrogen-bond acceptors (Lipinski definition) is 4. The van der Waals surface area contributed by atoms with E-state index in [4.69, 9.17) is 0 Å². The molecule has 1 aliphatic rings. The predicted octanol–water partition coefficient (Wildman–Crippen LogP) is 4.74. The molecule has 0 unspecified atom stereocenters. The van der Waals surface area contributed by atoms with Gasteiger partial charge in [-0.1, -0.05) is 12.1 Å². The van der Waals surface area contributed by atoms with Gasteiger partial charge >= 0.3 is 0 Å². The van der Waals surface area contributed by atoms with Gasteiger partial charge < -0.3 is 0 Å². The Kier molecular flexibility index (Phi) is 6.30. The lowest BCUT2D eigenvalue weighted by atomic mass is 9.77. The summed E-state index contributed by atoms with van der Waals surface area (Å²) in [5.41, 5.74) is 1.25. The lowest BCUT2D eigenvalue weighted by molar-refractivity contribution is -0.123. The van der Waals surface area contributed by atoms with Gasteiger partial charge in [-0.15, -0.1) is 0 Å². The zero-order valence-electron chi connectivity index (χ0n) is 17.0. The second kappa shape index (κ2) is 9.29. The number of hydrogen-bond donors (Lipinski definition) is 0. The fraction of sp³-hybridized carbons (Fsp3) is 0.333. The molecule has 7 heteroatoms. The van der Waals surface area contributed by atoms with E-state index < -0.39 is 5.82 Å². The third kappa shape index (κ3) is 5.10. The molecule has 0 saturated heterocycles. The van der Waals surface area contributed by atoms with E-state index in [1.165, 1.54) is 22.9 Å². The second-order valence-corrected chi connectivity index (χ2v) is 8.05. The maximum atomic E-state index is 13.9. The van der Waals surface area contributed by atoms with E-state index in [-0.39, 0.29) is 41.3 Å². The Balaban J connectivity index is 1.28. The van der Waals surface area contributed by atoms with Crippen LogP contribution in [0.4, 0.5) is 8.78 Å². The standard InChI is InChI=1S/C24H23F2N3O2/c25-18-9-10-21(27-15-18)24(31)13-16-5-7-17(8-6-16)23(30)14-19-11-12-29(28-19)22-4-2-1-3-20(22)26/h1-4,9-12,15-17H,5-8,13-14H2. The summed E-state index contributed by atoms with van der Waals surface area (Å²) >= 11 is 0. The molecule has 0 N–H and O–H groups in total. The molecule has 1 aromatic carbocycles. The third-order valence-electron chi connectivity index (χ3n) is 5.89. The lowest BCUT2D eigenvalue weighted by Gasteiger charge is -2.27. The Morgan fingerprint density at radius 1 is 1.00 bits per heavy atom. The number of ketones is 2. The number of carbonyl (C=O) groups is 2. The third-order valence-corrected chi connectivity index (χ3v) is 5.89. The van der Waals surface area contributed by atoms with E-state index in [0.717, 1.165) is 31.9 Å². The molecule has 0 atom stereocenters. The Labute approximate surface area is 179 Å².